The van der Waals surface area contributed by atoms with Crippen molar-refractivity contribution >= 4 is 0 Å². The molecule has 0 radical (unpaired) electrons. The maximum Gasteiger partial charge on any atom is 0.160 e. The highest BCUT2D eigenvalue weighted by atomic mass is 16.5. The van der Waals surface area contributed by atoms with Gasteiger partial charge in [-0.05, 0) is 37.1 Å². The number of aromatic nitrogens is 2. The smallest absolute Gasteiger partial charge is 0.160 e. The van der Waals surface area contributed by atoms with Crippen LogP contribution >= 0.6 is 0 Å². The fraction of sp³-hybridized carbons (Fsp3) is 0.400. The van der Waals surface area contributed by atoms with Crippen molar-refractivity contribution in [3.8, 4) is 17.2 Å². The summed E-state index contributed by atoms with van der Waals surface area (Å²) in [6.45, 7) is 4.10. The zero-order chi connectivity index (χ0) is 13.8. The summed E-state index contributed by atoms with van der Waals surface area (Å²) in [5.74, 6) is 1.15. The molecule has 0 bridgehead atoms. The number of methoxy groups -OCH3 is 1. The molecule has 0 fully saturated rings. The molecule has 2 rings (SSSR count). The van der Waals surface area contributed by atoms with Gasteiger partial charge in [0.2, 0.25) is 0 Å². The van der Waals surface area contributed by atoms with E-state index in [9.17, 15) is 5.11 Å². The largest absolute Gasteiger partial charge is 0.504 e. The van der Waals surface area contributed by atoms with Gasteiger partial charge in [-0.2, -0.15) is 5.10 Å². The summed E-state index contributed by atoms with van der Waals surface area (Å²) >= 11 is 0. The molecule has 1 aromatic carbocycles. The summed E-state index contributed by atoms with van der Waals surface area (Å²) in [6, 6.07) is 7.68. The van der Waals surface area contributed by atoms with Crippen molar-refractivity contribution in [3.05, 3.63) is 35.7 Å². The molecule has 0 amide bonds. The Kier molecular flexibility index (Phi) is 4.10. The van der Waals surface area contributed by atoms with Gasteiger partial charge in [-0.3, -0.25) is 0 Å². The van der Waals surface area contributed by atoms with Crippen LogP contribution in [0.3, 0.4) is 0 Å². The molecule has 1 heterocycles. The van der Waals surface area contributed by atoms with Gasteiger partial charge in [0.15, 0.2) is 5.75 Å². The molecule has 0 atom stereocenters. The van der Waals surface area contributed by atoms with Crippen molar-refractivity contribution in [2.45, 2.75) is 33.1 Å². The number of hydrogen-bond acceptors (Lipinski definition) is 3. The van der Waals surface area contributed by atoms with Crippen LogP contribution in [0.25, 0.3) is 5.69 Å². The summed E-state index contributed by atoms with van der Waals surface area (Å²) in [5.41, 5.74) is 2.57. The SMILES string of the molecule is CCCc1nn(-c2ccc(OC)cc2)c(CC)c1O. The molecule has 0 saturated heterocycles. The number of rotatable bonds is 5. The van der Waals surface area contributed by atoms with E-state index >= 15 is 0 Å². The van der Waals surface area contributed by atoms with E-state index in [0.717, 1.165) is 42.1 Å². The first-order valence-electron chi connectivity index (χ1n) is 6.65. The van der Waals surface area contributed by atoms with Gasteiger partial charge >= 0.3 is 0 Å². The first-order valence-corrected chi connectivity index (χ1v) is 6.65. The van der Waals surface area contributed by atoms with Crippen molar-refractivity contribution in [1.29, 1.82) is 0 Å². The van der Waals surface area contributed by atoms with Gasteiger partial charge in [-0.25, -0.2) is 4.68 Å². The van der Waals surface area contributed by atoms with E-state index in [-0.39, 0.29) is 0 Å². The maximum atomic E-state index is 10.2. The average Bonchev–Trinajstić information content (AvgIpc) is 2.76. The zero-order valence-corrected chi connectivity index (χ0v) is 11.7. The van der Waals surface area contributed by atoms with Crippen LogP contribution in [0.15, 0.2) is 24.3 Å². The lowest BCUT2D eigenvalue weighted by Crippen LogP contribution is -2.01. The summed E-state index contributed by atoms with van der Waals surface area (Å²) in [4.78, 5) is 0. The van der Waals surface area contributed by atoms with Crippen LogP contribution in [0, 0.1) is 0 Å². The number of aryl methyl sites for hydroxylation is 1. The first-order chi connectivity index (χ1) is 9.21. The van der Waals surface area contributed by atoms with Crippen LogP contribution in [-0.4, -0.2) is 22.0 Å². The second kappa shape index (κ2) is 5.78. The zero-order valence-electron chi connectivity index (χ0n) is 11.7. The lowest BCUT2D eigenvalue weighted by atomic mass is 10.2. The van der Waals surface area contributed by atoms with Gasteiger partial charge in [0, 0.05) is 0 Å². The van der Waals surface area contributed by atoms with Crippen LogP contribution < -0.4 is 4.74 Å². The molecule has 0 spiro atoms. The lowest BCUT2D eigenvalue weighted by Gasteiger charge is -2.06. The molecule has 0 aliphatic carbocycles. The fourth-order valence-corrected chi connectivity index (χ4v) is 2.15. The highest BCUT2D eigenvalue weighted by Crippen LogP contribution is 2.27. The Bertz CT molecular complexity index is 544. The Morgan fingerprint density at radius 3 is 2.42 bits per heavy atom. The Morgan fingerprint density at radius 1 is 1.21 bits per heavy atom. The highest BCUT2D eigenvalue weighted by molar-refractivity contribution is 5.43. The fourth-order valence-electron chi connectivity index (χ4n) is 2.15. The molecule has 1 N–H and O–H groups in total. The first kappa shape index (κ1) is 13.5. The molecule has 0 saturated carbocycles. The van der Waals surface area contributed by atoms with E-state index in [1.54, 1.807) is 7.11 Å². The predicted octanol–water partition coefficient (Wildman–Crippen LogP) is 3.10. The van der Waals surface area contributed by atoms with Crippen molar-refractivity contribution in [2.75, 3.05) is 7.11 Å². The van der Waals surface area contributed by atoms with E-state index in [1.165, 1.54) is 0 Å². The Hall–Kier alpha value is -1.97. The third-order valence-corrected chi connectivity index (χ3v) is 3.16. The predicted molar refractivity (Wildman–Crippen MR) is 75.2 cm³/mol. The van der Waals surface area contributed by atoms with Crippen LogP contribution in [0.4, 0.5) is 0 Å². The molecule has 19 heavy (non-hydrogen) atoms. The normalized spacial score (nSPS) is 10.7. The highest BCUT2D eigenvalue weighted by Gasteiger charge is 2.16. The number of ether oxygens (including phenoxy) is 1. The standard InChI is InChI=1S/C15H20N2O2/c1-4-6-13-15(18)14(5-2)17(16-13)11-7-9-12(19-3)10-8-11/h7-10,18H,4-6H2,1-3H3. The second-order valence-electron chi connectivity index (χ2n) is 4.46. The Morgan fingerprint density at radius 2 is 1.89 bits per heavy atom. The minimum atomic E-state index is 0.333. The van der Waals surface area contributed by atoms with Crippen LogP contribution in [-0.2, 0) is 12.8 Å². The minimum Gasteiger partial charge on any atom is -0.504 e. The summed E-state index contributed by atoms with van der Waals surface area (Å²) in [6.07, 6.45) is 2.51. The number of hydrogen-bond donors (Lipinski definition) is 1. The second-order valence-corrected chi connectivity index (χ2v) is 4.46. The molecular weight excluding hydrogens is 240 g/mol. The molecule has 2 aromatic rings. The number of aromatic hydroxyl groups is 1. The van der Waals surface area contributed by atoms with Crippen molar-refractivity contribution in [1.82, 2.24) is 9.78 Å². The van der Waals surface area contributed by atoms with Gasteiger partial charge in [0.05, 0.1) is 18.5 Å². The van der Waals surface area contributed by atoms with E-state index in [1.807, 2.05) is 35.9 Å². The third kappa shape index (κ3) is 2.57. The van der Waals surface area contributed by atoms with E-state index < -0.39 is 0 Å². The Balaban J connectivity index is 2.44. The van der Waals surface area contributed by atoms with Crippen molar-refractivity contribution in [3.63, 3.8) is 0 Å². The third-order valence-electron chi connectivity index (χ3n) is 3.16. The van der Waals surface area contributed by atoms with E-state index in [0.29, 0.717) is 5.75 Å². The number of benzene rings is 1. The lowest BCUT2D eigenvalue weighted by molar-refractivity contribution is 0.414. The van der Waals surface area contributed by atoms with Gasteiger partial charge in [-0.1, -0.05) is 20.3 Å². The van der Waals surface area contributed by atoms with E-state index in [4.69, 9.17) is 4.74 Å². The van der Waals surface area contributed by atoms with Gasteiger partial charge in [-0.15, -0.1) is 0 Å². The van der Waals surface area contributed by atoms with Crippen LogP contribution in [0.1, 0.15) is 31.7 Å². The topological polar surface area (TPSA) is 47.3 Å². The Labute approximate surface area is 113 Å². The molecular formula is C15H20N2O2. The molecule has 4 nitrogen and oxygen atoms in total. The van der Waals surface area contributed by atoms with E-state index in [2.05, 4.69) is 12.0 Å². The van der Waals surface area contributed by atoms with Gasteiger partial charge in [0.1, 0.15) is 11.4 Å². The minimum absolute atomic E-state index is 0.333. The quantitative estimate of drug-likeness (QED) is 0.898. The molecule has 1 aromatic heterocycles. The maximum absolute atomic E-state index is 10.2. The summed E-state index contributed by atoms with van der Waals surface area (Å²) < 4.78 is 6.97. The molecule has 0 aliphatic rings. The van der Waals surface area contributed by atoms with Crippen LogP contribution in [0.2, 0.25) is 0 Å². The van der Waals surface area contributed by atoms with Crippen molar-refractivity contribution in [2.24, 2.45) is 0 Å². The van der Waals surface area contributed by atoms with Crippen molar-refractivity contribution < 1.29 is 9.84 Å². The van der Waals surface area contributed by atoms with Gasteiger partial charge in [0.25, 0.3) is 0 Å². The molecule has 0 aliphatic heterocycles. The summed E-state index contributed by atoms with van der Waals surface area (Å²) in [7, 11) is 1.64. The van der Waals surface area contributed by atoms with Gasteiger partial charge < -0.3 is 9.84 Å². The molecule has 4 heteroatoms. The molecule has 0 unspecified atom stereocenters. The monoisotopic (exact) mass is 260 g/mol. The summed E-state index contributed by atoms with van der Waals surface area (Å²) in [5, 5.41) is 14.7. The van der Waals surface area contributed by atoms with Crippen LogP contribution in [0.5, 0.6) is 11.5 Å². The molecule has 102 valence electrons. The average molecular weight is 260 g/mol. The number of nitrogens with zero attached hydrogens (tertiary/aromatic N) is 2.